The minimum absolute atomic E-state index is 0.158. The van der Waals surface area contributed by atoms with Crippen molar-refractivity contribution in [1.82, 2.24) is 0 Å². The highest BCUT2D eigenvalue weighted by molar-refractivity contribution is 5.94. The lowest BCUT2D eigenvalue weighted by Crippen LogP contribution is -2.47. The Morgan fingerprint density at radius 3 is 2.60 bits per heavy atom. The average molecular weight is 274 g/mol. The molecule has 4 nitrogen and oxygen atoms in total. The quantitative estimate of drug-likeness (QED) is 0.921. The number of morpholine rings is 1. The molecular formula is C16H22N2O2. The number of rotatable bonds is 3. The minimum atomic E-state index is 0.158. The fourth-order valence-electron chi connectivity index (χ4n) is 2.59. The van der Waals surface area contributed by atoms with E-state index in [2.05, 4.69) is 36.2 Å². The van der Waals surface area contributed by atoms with Crippen molar-refractivity contribution in [3.63, 3.8) is 0 Å². The topological polar surface area (TPSA) is 41.6 Å². The number of amides is 1. The fourth-order valence-corrected chi connectivity index (χ4v) is 2.59. The van der Waals surface area contributed by atoms with Gasteiger partial charge in [-0.25, -0.2) is 0 Å². The van der Waals surface area contributed by atoms with E-state index in [0.717, 1.165) is 31.7 Å². The molecule has 0 spiro atoms. The highest BCUT2D eigenvalue weighted by Gasteiger charge is 2.29. The Morgan fingerprint density at radius 2 is 1.95 bits per heavy atom. The lowest BCUT2D eigenvalue weighted by atomic mass is 10.1. The van der Waals surface area contributed by atoms with Gasteiger partial charge in [0.25, 0.3) is 0 Å². The molecule has 1 aliphatic heterocycles. The predicted molar refractivity (Wildman–Crippen MR) is 80.0 cm³/mol. The minimum Gasteiger partial charge on any atom is -0.375 e. The largest absolute Gasteiger partial charge is 0.375 e. The number of nitrogens with one attached hydrogen (secondary N) is 1. The summed E-state index contributed by atoms with van der Waals surface area (Å²) in [5, 5.41) is 2.97. The van der Waals surface area contributed by atoms with E-state index >= 15 is 0 Å². The first-order chi connectivity index (χ1) is 9.63. The predicted octanol–water partition coefficient (Wildman–Crippen LogP) is 2.65. The SMILES string of the molecule is CC1CN(c2ccc(NC(=O)C3CC3)cc2)C(C)CO1. The molecule has 0 bridgehead atoms. The summed E-state index contributed by atoms with van der Waals surface area (Å²) in [4.78, 5) is 14.1. The zero-order chi connectivity index (χ0) is 14.1. The van der Waals surface area contributed by atoms with Crippen molar-refractivity contribution in [3.8, 4) is 0 Å². The van der Waals surface area contributed by atoms with E-state index in [0.29, 0.717) is 6.04 Å². The number of nitrogens with zero attached hydrogens (tertiary/aromatic N) is 1. The standard InChI is InChI=1S/C16H22N2O2/c1-11-10-20-12(2)9-18(11)15-7-5-14(6-8-15)17-16(19)13-3-4-13/h5-8,11-13H,3-4,9-10H2,1-2H3,(H,17,19). The maximum absolute atomic E-state index is 11.7. The first kappa shape index (κ1) is 13.4. The van der Waals surface area contributed by atoms with E-state index in [-0.39, 0.29) is 17.9 Å². The van der Waals surface area contributed by atoms with E-state index in [1.54, 1.807) is 0 Å². The Kier molecular flexibility index (Phi) is 3.66. The molecule has 3 rings (SSSR count). The highest BCUT2D eigenvalue weighted by Crippen LogP contribution is 2.30. The lowest BCUT2D eigenvalue weighted by Gasteiger charge is -2.38. The van der Waals surface area contributed by atoms with Gasteiger partial charge in [0.1, 0.15) is 0 Å². The van der Waals surface area contributed by atoms with Crippen molar-refractivity contribution < 1.29 is 9.53 Å². The van der Waals surface area contributed by atoms with Crippen LogP contribution in [0.2, 0.25) is 0 Å². The highest BCUT2D eigenvalue weighted by atomic mass is 16.5. The molecule has 1 saturated carbocycles. The van der Waals surface area contributed by atoms with Crippen LogP contribution in [0.1, 0.15) is 26.7 Å². The Labute approximate surface area is 120 Å². The van der Waals surface area contributed by atoms with Crippen LogP contribution >= 0.6 is 0 Å². The summed E-state index contributed by atoms with van der Waals surface area (Å²) < 4.78 is 5.65. The van der Waals surface area contributed by atoms with Crippen LogP contribution in [0.4, 0.5) is 11.4 Å². The van der Waals surface area contributed by atoms with E-state index in [4.69, 9.17) is 4.74 Å². The van der Waals surface area contributed by atoms with Crippen LogP contribution in [-0.4, -0.2) is 31.2 Å². The molecule has 1 aromatic carbocycles. The van der Waals surface area contributed by atoms with Crippen molar-refractivity contribution >= 4 is 17.3 Å². The second-order valence-electron chi connectivity index (χ2n) is 5.96. The second-order valence-corrected chi connectivity index (χ2v) is 5.96. The van der Waals surface area contributed by atoms with Gasteiger partial charge >= 0.3 is 0 Å². The van der Waals surface area contributed by atoms with Gasteiger partial charge in [0.2, 0.25) is 5.91 Å². The number of ether oxygens (including phenoxy) is 1. The molecule has 2 atom stereocenters. The molecule has 1 saturated heterocycles. The van der Waals surface area contributed by atoms with Gasteiger partial charge in [0.15, 0.2) is 0 Å². The van der Waals surface area contributed by atoms with E-state index in [1.807, 2.05) is 12.1 Å². The Morgan fingerprint density at radius 1 is 1.25 bits per heavy atom. The third kappa shape index (κ3) is 2.96. The molecule has 20 heavy (non-hydrogen) atoms. The molecule has 1 amide bonds. The van der Waals surface area contributed by atoms with E-state index in [1.165, 1.54) is 5.69 Å². The number of anilines is 2. The number of benzene rings is 1. The van der Waals surface area contributed by atoms with Crippen LogP contribution in [0.15, 0.2) is 24.3 Å². The molecule has 2 unspecified atom stereocenters. The smallest absolute Gasteiger partial charge is 0.227 e. The molecule has 1 aromatic rings. The summed E-state index contributed by atoms with van der Waals surface area (Å²) in [6.45, 7) is 5.95. The summed E-state index contributed by atoms with van der Waals surface area (Å²) in [6, 6.07) is 8.53. The van der Waals surface area contributed by atoms with Crippen molar-refractivity contribution in [2.24, 2.45) is 5.92 Å². The van der Waals surface area contributed by atoms with Crippen molar-refractivity contribution in [2.45, 2.75) is 38.8 Å². The molecule has 0 aromatic heterocycles. The van der Waals surface area contributed by atoms with Crippen LogP contribution in [0.5, 0.6) is 0 Å². The monoisotopic (exact) mass is 274 g/mol. The van der Waals surface area contributed by atoms with Crippen LogP contribution < -0.4 is 10.2 Å². The Bertz CT molecular complexity index is 482. The van der Waals surface area contributed by atoms with Gasteiger partial charge in [-0.15, -0.1) is 0 Å². The summed E-state index contributed by atoms with van der Waals surface area (Å²) in [7, 11) is 0. The van der Waals surface area contributed by atoms with Crippen LogP contribution in [0.25, 0.3) is 0 Å². The molecule has 2 fully saturated rings. The summed E-state index contributed by atoms with van der Waals surface area (Å²) in [5.74, 6) is 0.404. The zero-order valence-electron chi connectivity index (χ0n) is 12.1. The third-order valence-corrected chi connectivity index (χ3v) is 4.02. The normalized spacial score (nSPS) is 26.4. The van der Waals surface area contributed by atoms with Crippen molar-refractivity contribution in [3.05, 3.63) is 24.3 Å². The molecule has 108 valence electrons. The van der Waals surface area contributed by atoms with Gasteiger partial charge in [-0.3, -0.25) is 4.79 Å². The van der Waals surface area contributed by atoms with E-state index < -0.39 is 0 Å². The van der Waals surface area contributed by atoms with Crippen LogP contribution in [-0.2, 0) is 9.53 Å². The Balaban J connectivity index is 1.66. The van der Waals surface area contributed by atoms with Gasteiger partial charge in [-0.1, -0.05) is 0 Å². The molecule has 1 heterocycles. The first-order valence-corrected chi connectivity index (χ1v) is 7.42. The molecular weight excluding hydrogens is 252 g/mol. The number of hydrogen-bond acceptors (Lipinski definition) is 3. The summed E-state index contributed by atoms with van der Waals surface area (Å²) >= 11 is 0. The van der Waals surface area contributed by atoms with Gasteiger partial charge in [-0.2, -0.15) is 0 Å². The lowest BCUT2D eigenvalue weighted by molar-refractivity contribution is -0.117. The summed E-state index contributed by atoms with van der Waals surface area (Å²) in [6.07, 6.45) is 2.33. The molecule has 1 aliphatic carbocycles. The number of carbonyl (C=O) groups excluding carboxylic acids is 1. The Hall–Kier alpha value is -1.55. The van der Waals surface area contributed by atoms with Crippen LogP contribution in [0.3, 0.4) is 0 Å². The van der Waals surface area contributed by atoms with Crippen molar-refractivity contribution in [2.75, 3.05) is 23.4 Å². The van der Waals surface area contributed by atoms with Gasteiger partial charge < -0.3 is 15.0 Å². The summed E-state index contributed by atoms with van der Waals surface area (Å²) in [5.41, 5.74) is 2.08. The molecule has 0 radical (unpaired) electrons. The maximum atomic E-state index is 11.7. The van der Waals surface area contributed by atoms with E-state index in [9.17, 15) is 4.79 Å². The average Bonchev–Trinajstić information content (AvgIpc) is 3.27. The number of carbonyl (C=O) groups is 1. The first-order valence-electron chi connectivity index (χ1n) is 7.42. The third-order valence-electron chi connectivity index (χ3n) is 4.02. The second kappa shape index (κ2) is 5.44. The van der Waals surface area contributed by atoms with Crippen LogP contribution in [0, 0.1) is 5.92 Å². The maximum Gasteiger partial charge on any atom is 0.227 e. The fraction of sp³-hybridized carbons (Fsp3) is 0.562. The number of hydrogen-bond donors (Lipinski definition) is 1. The van der Waals surface area contributed by atoms with Crippen molar-refractivity contribution in [1.29, 1.82) is 0 Å². The van der Waals surface area contributed by atoms with Gasteiger partial charge in [0.05, 0.1) is 12.7 Å². The van der Waals surface area contributed by atoms with Gasteiger partial charge in [0, 0.05) is 29.9 Å². The molecule has 1 N–H and O–H groups in total. The van der Waals surface area contributed by atoms with Gasteiger partial charge in [-0.05, 0) is 51.0 Å². The zero-order valence-corrected chi connectivity index (χ0v) is 12.1. The molecule has 2 aliphatic rings. The molecule has 4 heteroatoms.